The van der Waals surface area contributed by atoms with E-state index in [9.17, 15) is 9.59 Å². The highest BCUT2D eigenvalue weighted by molar-refractivity contribution is 7.08. The first kappa shape index (κ1) is 24.1. The number of carbonyl (C=O) groups is 2. The fraction of sp³-hybridized carbons (Fsp3) is 0.0769. The van der Waals surface area contributed by atoms with Crippen molar-refractivity contribution in [1.82, 2.24) is 0 Å². The van der Waals surface area contributed by atoms with E-state index in [0.717, 1.165) is 63.3 Å². The van der Waals surface area contributed by atoms with Crippen molar-refractivity contribution in [2.45, 2.75) is 12.8 Å². The zero-order valence-corrected chi connectivity index (χ0v) is 20.2. The van der Waals surface area contributed by atoms with Gasteiger partial charge in [0.2, 0.25) is 0 Å². The van der Waals surface area contributed by atoms with E-state index in [2.05, 4.69) is 0 Å². The predicted octanol–water partition coefficient (Wildman–Crippen LogP) is 8.38. The molecule has 2 nitrogen and oxygen atoms in total. The zero-order valence-electron chi connectivity index (χ0n) is 17.0. The van der Waals surface area contributed by atoms with Crippen molar-refractivity contribution < 1.29 is 9.59 Å². The number of thiophene rings is 2. The quantitative estimate of drug-likeness (QED) is 0.239. The second-order valence-electron chi connectivity index (χ2n) is 6.88. The minimum absolute atomic E-state index is 0.723. The van der Waals surface area contributed by atoms with Gasteiger partial charge in [0.25, 0.3) is 0 Å². The Labute approximate surface area is 205 Å². The Kier molecular flexibility index (Phi) is 9.44. The lowest BCUT2D eigenvalue weighted by atomic mass is 10.0. The van der Waals surface area contributed by atoms with E-state index in [0.29, 0.717) is 0 Å². The van der Waals surface area contributed by atoms with Gasteiger partial charge in [0, 0.05) is 31.9 Å². The minimum atomic E-state index is 0.723. The molecule has 0 saturated carbocycles. The molecule has 0 N–H and O–H groups in total. The summed E-state index contributed by atoms with van der Waals surface area (Å²) in [7, 11) is 0. The molecule has 2 heterocycles. The van der Waals surface area contributed by atoms with Gasteiger partial charge < -0.3 is 0 Å². The molecule has 0 bridgehead atoms. The molecule has 4 rings (SSSR count). The van der Waals surface area contributed by atoms with Gasteiger partial charge in [0.05, 0.1) is 0 Å². The Hall–Kier alpha value is -2.50. The molecule has 32 heavy (non-hydrogen) atoms. The van der Waals surface area contributed by atoms with Crippen LogP contribution >= 0.6 is 45.9 Å². The number of benzene rings is 2. The largest absolute Gasteiger partial charge is 0.298 e. The van der Waals surface area contributed by atoms with Crippen molar-refractivity contribution in [3.63, 3.8) is 0 Å². The van der Waals surface area contributed by atoms with Crippen molar-refractivity contribution in [3.8, 4) is 0 Å². The number of halogens is 2. The van der Waals surface area contributed by atoms with E-state index in [4.69, 9.17) is 23.2 Å². The lowest BCUT2D eigenvalue weighted by molar-refractivity contribution is 0.111. The molecule has 4 aromatic rings. The second-order valence-corrected chi connectivity index (χ2v) is 9.24. The van der Waals surface area contributed by atoms with Gasteiger partial charge in [-0.2, -0.15) is 22.7 Å². The van der Waals surface area contributed by atoms with Crippen LogP contribution < -0.4 is 0 Å². The molecule has 0 aliphatic carbocycles. The number of aldehydes is 2. The summed E-state index contributed by atoms with van der Waals surface area (Å²) >= 11 is 14.7. The van der Waals surface area contributed by atoms with E-state index >= 15 is 0 Å². The molecule has 0 spiro atoms. The SMILES string of the molecule is O=Cc1cscc1/C=C\c1ccc(Cl)cc1.O=Cc1cscc1CCc1ccc(Cl)cc1. The molecule has 0 fully saturated rings. The molecule has 6 heteroatoms. The number of carbonyl (C=O) groups excluding carboxylic acids is 2. The fourth-order valence-electron chi connectivity index (χ4n) is 2.88. The third-order valence-electron chi connectivity index (χ3n) is 4.68. The first-order valence-electron chi connectivity index (χ1n) is 9.78. The number of rotatable bonds is 7. The van der Waals surface area contributed by atoms with Crippen LogP contribution in [0.2, 0.25) is 10.0 Å². The third-order valence-corrected chi connectivity index (χ3v) is 6.77. The first-order chi connectivity index (χ1) is 15.6. The summed E-state index contributed by atoms with van der Waals surface area (Å²) in [4.78, 5) is 21.4. The molecular formula is C26H20Cl2O2S2. The average Bonchev–Trinajstić information content (AvgIpc) is 3.47. The maximum atomic E-state index is 10.7. The summed E-state index contributed by atoms with van der Waals surface area (Å²) in [6.07, 6.45) is 7.54. The Balaban J connectivity index is 0.000000181. The summed E-state index contributed by atoms with van der Waals surface area (Å²) in [5, 5.41) is 9.21. The fourth-order valence-corrected chi connectivity index (χ4v) is 4.74. The normalized spacial score (nSPS) is 10.6. The van der Waals surface area contributed by atoms with E-state index in [-0.39, 0.29) is 0 Å². The van der Waals surface area contributed by atoms with Crippen LogP contribution in [0.25, 0.3) is 12.2 Å². The van der Waals surface area contributed by atoms with Crippen LogP contribution in [0.3, 0.4) is 0 Å². The van der Waals surface area contributed by atoms with Crippen LogP contribution in [0.1, 0.15) is 43.0 Å². The number of hydrogen-bond donors (Lipinski definition) is 0. The van der Waals surface area contributed by atoms with E-state index in [1.165, 1.54) is 16.9 Å². The number of hydrogen-bond acceptors (Lipinski definition) is 4. The standard InChI is InChI=1S/C13H11ClOS.C13H9ClOS/c2*14-13-5-2-10(3-6-13)1-4-11-8-16-9-12(11)7-15/h2-3,5-9H,1,4H2;1-9H/b;4-1-. The summed E-state index contributed by atoms with van der Waals surface area (Å²) in [6, 6.07) is 15.4. The molecule has 0 atom stereocenters. The van der Waals surface area contributed by atoms with Crippen LogP contribution in [0, 0.1) is 0 Å². The van der Waals surface area contributed by atoms with E-state index < -0.39 is 0 Å². The van der Waals surface area contributed by atoms with Gasteiger partial charge in [0.15, 0.2) is 12.6 Å². The van der Waals surface area contributed by atoms with Crippen LogP contribution in [0.4, 0.5) is 0 Å². The van der Waals surface area contributed by atoms with Crippen molar-refractivity contribution >= 4 is 70.6 Å². The highest BCUT2D eigenvalue weighted by Crippen LogP contribution is 2.18. The lowest BCUT2D eigenvalue weighted by Gasteiger charge is -2.01. The molecule has 162 valence electrons. The van der Waals surface area contributed by atoms with E-state index in [1.807, 2.05) is 82.2 Å². The Bertz CT molecular complexity index is 1170. The smallest absolute Gasteiger partial charge is 0.151 e. The Morgan fingerprint density at radius 3 is 1.84 bits per heavy atom. The number of aryl methyl sites for hydroxylation is 2. The van der Waals surface area contributed by atoms with Crippen LogP contribution in [-0.2, 0) is 12.8 Å². The predicted molar refractivity (Wildman–Crippen MR) is 139 cm³/mol. The van der Waals surface area contributed by atoms with Gasteiger partial charge in [-0.1, -0.05) is 59.6 Å². The van der Waals surface area contributed by atoms with Crippen LogP contribution in [-0.4, -0.2) is 12.6 Å². The topological polar surface area (TPSA) is 34.1 Å². The van der Waals surface area contributed by atoms with Crippen molar-refractivity contribution in [3.05, 3.63) is 113 Å². The highest BCUT2D eigenvalue weighted by atomic mass is 35.5. The molecule has 2 aromatic heterocycles. The summed E-state index contributed by atoms with van der Waals surface area (Å²) in [6.45, 7) is 0. The first-order valence-corrected chi connectivity index (χ1v) is 12.4. The molecule has 0 saturated heterocycles. The average molecular weight is 499 g/mol. The molecule has 0 aliphatic heterocycles. The van der Waals surface area contributed by atoms with Gasteiger partial charge in [-0.05, 0) is 70.1 Å². The van der Waals surface area contributed by atoms with Crippen LogP contribution in [0.15, 0.2) is 70.1 Å². The maximum absolute atomic E-state index is 10.7. The lowest BCUT2D eigenvalue weighted by Crippen LogP contribution is -1.92. The highest BCUT2D eigenvalue weighted by Gasteiger charge is 2.03. The summed E-state index contributed by atoms with van der Waals surface area (Å²) < 4.78 is 0. The van der Waals surface area contributed by atoms with Gasteiger partial charge in [-0.15, -0.1) is 0 Å². The minimum Gasteiger partial charge on any atom is -0.298 e. The van der Waals surface area contributed by atoms with Gasteiger partial charge in [0.1, 0.15) is 0 Å². The maximum Gasteiger partial charge on any atom is 0.151 e. The van der Waals surface area contributed by atoms with Gasteiger partial charge >= 0.3 is 0 Å². The van der Waals surface area contributed by atoms with Crippen LogP contribution in [0.5, 0.6) is 0 Å². The van der Waals surface area contributed by atoms with Gasteiger partial charge in [-0.25, -0.2) is 0 Å². The monoisotopic (exact) mass is 498 g/mol. The molecule has 0 amide bonds. The Morgan fingerprint density at radius 2 is 1.19 bits per heavy atom. The van der Waals surface area contributed by atoms with Crippen molar-refractivity contribution in [1.29, 1.82) is 0 Å². The van der Waals surface area contributed by atoms with Gasteiger partial charge in [-0.3, -0.25) is 9.59 Å². The molecule has 2 aromatic carbocycles. The molecule has 0 aliphatic rings. The Morgan fingerprint density at radius 1 is 0.625 bits per heavy atom. The molecule has 0 unspecified atom stereocenters. The van der Waals surface area contributed by atoms with Crippen molar-refractivity contribution in [2.75, 3.05) is 0 Å². The van der Waals surface area contributed by atoms with Crippen molar-refractivity contribution in [2.24, 2.45) is 0 Å². The third kappa shape index (κ3) is 7.28. The summed E-state index contributed by atoms with van der Waals surface area (Å²) in [5.74, 6) is 0. The zero-order chi connectivity index (χ0) is 22.8. The molecular weight excluding hydrogens is 479 g/mol. The molecule has 0 radical (unpaired) electrons. The second kappa shape index (κ2) is 12.5. The van der Waals surface area contributed by atoms with E-state index in [1.54, 1.807) is 11.3 Å². The summed E-state index contributed by atoms with van der Waals surface area (Å²) in [5.41, 5.74) is 5.94.